The first-order valence-corrected chi connectivity index (χ1v) is 8.62. The van der Waals surface area contributed by atoms with E-state index in [1.165, 1.54) is 19.2 Å². The molecule has 2 aromatic rings. The van der Waals surface area contributed by atoms with E-state index in [0.29, 0.717) is 17.0 Å². The van der Waals surface area contributed by atoms with Gasteiger partial charge in [0.15, 0.2) is 0 Å². The summed E-state index contributed by atoms with van der Waals surface area (Å²) in [6.07, 6.45) is -4.80. The third-order valence-electron chi connectivity index (χ3n) is 4.22. The van der Waals surface area contributed by atoms with E-state index < -0.39 is 23.9 Å². The topological polar surface area (TPSA) is 67.9 Å². The molecule has 0 fully saturated rings. The molecule has 2 amide bonds. The number of hydrogen-bond acceptors (Lipinski definition) is 5. The maximum Gasteiger partial charge on any atom is 0.573 e. The highest BCUT2D eigenvalue weighted by Crippen LogP contribution is 2.35. The van der Waals surface area contributed by atoms with E-state index in [1.54, 1.807) is 31.2 Å². The Morgan fingerprint density at radius 1 is 1.00 bits per heavy atom. The Hall–Kier alpha value is -3.49. The standard InChI is InChI=1S/C20H17F3N2O4/c1-3-25-18(26)16(14-6-4-5-7-15(14)28-2)17(19(25)27)24-12-8-10-13(11-9-12)29-20(21,22)23/h4-11,24H,3H2,1-2H3. The summed E-state index contributed by atoms with van der Waals surface area (Å²) in [5.74, 6) is -1.00. The average Bonchev–Trinajstić information content (AvgIpc) is 2.91. The summed E-state index contributed by atoms with van der Waals surface area (Å²) in [6, 6.07) is 11.6. The van der Waals surface area contributed by atoms with Gasteiger partial charge in [-0.3, -0.25) is 14.5 Å². The second-order valence-electron chi connectivity index (χ2n) is 6.00. The van der Waals surface area contributed by atoms with Crippen LogP contribution < -0.4 is 14.8 Å². The second-order valence-corrected chi connectivity index (χ2v) is 6.00. The molecule has 9 heteroatoms. The van der Waals surface area contributed by atoms with Crippen molar-refractivity contribution in [3.63, 3.8) is 0 Å². The van der Waals surface area contributed by atoms with Crippen molar-refractivity contribution in [2.45, 2.75) is 13.3 Å². The normalized spacial score (nSPS) is 14.4. The summed E-state index contributed by atoms with van der Waals surface area (Å²) in [5.41, 5.74) is 0.903. The van der Waals surface area contributed by atoms with Crippen LogP contribution in [0.1, 0.15) is 12.5 Å². The Morgan fingerprint density at radius 3 is 2.24 bits per heavy atom. The average molecular weight is 406 g/mol. The zero-order valence-electron chi connectivity index (χ0n) is 15.5. The third-order valence-corrected chi connectivity index (χ3v) is 4.22. The molecular formula is C20H17F3N2O4. The molecule has 29 heavy (non-hydrogen) atoms. The molecule has 3 rings (SSSR count). The summed E-state index contributed by atoms with van der Waals surface area (Å²) < 4.78 is 46.1. The number of carbonyl (C=O) groups excluding carboxylic acids is 2. The number of nitrogens with zero attached hydrogens (tertiary/aromatic N) is 1. The van der Waals surface area contributed by atoms with Gasteiger partial charge in [0.2, 0.25) is 0 Å². The van der Waals surface area contributed by atoms with Gasteiger partial charge in [0.25, 0.3) is 11.8 Å². The Labute approximate surface area is 164 Å². The number of anilines is 1. The molecule has 1 aliphatic rings. The molecule has 0 atom stereocenters. The van der Waals surface area contributed by atoms with E-state index in [4.69, 9.17) is 4.74 Å². The summed E-state index contributed by atoms with van der Waals surface area (Å²) >= 11 is 0. The van der Waals surface area contributed by atoms with E-state index in [1.807, 2.05) is 0 Å². The van der Waals surface area contributed by atoms with Crippen molar-refractivity contribution < 1.29 is 32.2 Å². The van der Waals surface area contributed by atoms with Gasteiger partial charge in [-0.25, -0.2) is 0 Å². The van der Waals surface area contributed by atoms with Gasteiger partial charge in [0.1, 0.15) is 17.2 Å². The number of alkyl halides is 3. The van der Waals surface area contributed by atoms with Crippen LogP contribution in [-0.2, 0) is 9.59 Å². The number of halogens is 3. The van der Waals surface area contributed by atoms with Crippen LogP contribution in [0.3, 0.4) is 0 Å². The quantitative estimate of drug-likeness (QED) is 0.739. The van der Waals surface area contributed by atoms with Crippen LogP contribution in [0.15, 0.2) is 54.2 Å². The van der Waals surface area contributed by atoms with E-state index in [0.717, 1.165) is 17.0 Å². The van der Waals surface area contributed by atoms with Crippen molar-refractivity contribution in [1.29, 1.82) is 0 Å². The number of amides is 2. The number of likely N-dealkylation sites (N-methyl/N-ethyl adjacent to an activating group) is 1. The van der Waals surface area contributed by atoms with Crippen LogP contribution in [0.25, 0.3) is 5.57 Å². The molecule has 0 spiro atoms. The van der Waals surface area contributed by atoms with Gasteiger partial charge in [-0.1, -0.05) is 18.2 Å². The van der Waals surface area contributed by atoms with Crippen LogP contribution >= 0.6 is 0 Å². The highest BCUT2D eigenvalue weighted by Gasteiger charge is 2.39. The molecule has 0 aliphatic carbocycles. The van der Waals surface area contributed by atoms with Gasteiger partial charge in [-0.15, -0.1) is 13.2 Å². The van der Waals surface area contributed by atoms with Crippen molar-refractivity contribution in [2.24, 2.45) is 0 Å². The largest absolute Gasteiger partial charge is 0.573 e. The smallest absolute Gasteiger partial charge is 0.496 e. The highest BCUT2D eigenvalue weighted by molar-refractivity contribution is 6.37. The van der Waals surface area contributed by atoms with Crippen LogP contribution in [0, 0.1) is 0 Å². The van der Waals surface area contributed by atoms with Crippen molar-refractivity contribution in [3.05, 3.63) is 59.8 Å². The fraction of sp³-hybridized carbons (Fsp3) is 0.200. The Balaban J connectivity index is 2.00. The van der Waals surface area contributed by atoms with E-state index in [2.05, 4.69) is 10.1 Å². The SMILES string of the molecule is CCN1C(=O)C(Nc2ccc(OC(F)(F)F)cc2)=C(c2ccccc2OC)C1=O. The molecule has 152 valence electrons. The van der Waals surface area contributed by atoms with Crippen LogP contribution in [0.4, 0.5) is 18.9 Å². The number of rotatable bonds is 6. The lowest BCUT2D eigenvalue weighted by molar-refractivity contribution is -0.274. The molecular weight excluding hydrogens is 389 g/mol. The summed E-state index contributed by atoms with van der Waals surface area (Å²) in [7, 11) is 1.45. The van der Waals surface area contributed by atoms with Crippen molar-refractivity contribution in [1.82, 2.24) is 4.90 Å². The van der Waals surface area contributed by atoms with Crippen molar-refractivity contribution in [2.75, 3.05) is 19.0 Å². The predicted molar refractivity (Wildman–Crippen MR) is 99.1 cm³/mol. The number of benzene rings is 2. The predicted octanol–water partition coefficient (Wildman–Crippen LogP) is 3.81. The monoisotopic (exact) mass is 406 g/mol. The van der Waals surface area contributed by atoms with E-state index in [-0.39, 0.29) is 17.8 Å². The molecule has 1 aliphatic heterocycles. The van der Waals surface area contributed by atoms with Gasteiger partial charge in [-0.2, -0.15) is 0 Å². The number of ether oxygens (including phenoxy) is 2. The highest BCUT2D eigenvalue weighted by atomic mass is 19.4. The van der Waals surface area contributed by atoms with E-state index in [9.17, 15) is 22.8 Å². The van der Waals surface area contributed by atoms with Crippen LogP contribution in [0.2, 0.25) is 0 Å². The van der Waals surface area contributed by atoms with Gasteiger partial charge in [-0.05, 0) is 37.3 Å². The summed E-state index contributed by atoms with van der Waals surface area (Å²) in [6.45, 7) is 1.84. The number of methoxy groups -OCH3 is 1. The number of nitrogens with one attached hydrogen (secondary N) is 1. The van der Waals surface area contributed by atoms with Crippen molar-refractivity contribution in [3.8, 4) is 11.5 Å². The lowest BCUT2D eigenvalue weighted by Gasteiger charge is -2.12. The molecule has 1 N–H and O–H groups in total. The molecule has 1 heterocycles. The van der Waals surface area contributed by atoms with Gasteiger partial charge >= 0.3 is 6.36 Å². The Morgan fingerprint density at radius 2 is 1.66 bits per heavy atom. The molecule has 6 nitrogen and oxygen atoms in total. The first-order chi connectivity index (χ1) is 13.7. The third kappa shape index (κ3) is 4.18. The molecule has 2 aromatic carbocycles. The second kappa shape index (κ2) is 7.86. The minimum atomic E-state index is -4.80. The zero-order valence-corrected chi connectivity index (χ0v) is 15.5. The summed E-state index contributed by atoms with van der Waals surface area (Å²) in [5, 5.41) is 2.85. The number of carbonyl (C=O) groups is 2. The maximum atomic E-state index is 12.8. The minimum absolute atomic E-state index is 0.0193. The summed E-state index contributed by atoms with van der Waals surface area (Å²) in [4.78, 5) is 26.7. The molecule has 0 radical (unpaired) electrons. The molecule has 0 saturated carbocycles. The lowest BCUT2D eigenvalue weighted by atomic mass is 10.0. The van der Waals surface area contributed by atoms with Gasteiger partial charge < -0.3 is 14.8 Å². The first kappa shape index (κ1) is 20.2. The Kier molecular flexibility index (Phi) is 5.49. The van der Waals surface area contributed by atoms with Crippen LogP contribution in [0.5, 0.6) is 11.5 Å². The van der Waals surface area contributed by atoms with Crippen LogP contribution in [-0.4, -0.2) is 36.7 Å². The van der Waals surface area contributed by atoms with Gasteiger partial charge in [0.05, 0.1) is 12.7 Å². The maximum absolute atomic E-state index is 12.8. The number of para-hydroxylation sites is 1. The first-order valence-electron chi connectivity index (χ1n) is 8.62. The number of imide groups is 1. The molecule has 0 saturated heterocycles. The molecule has 0 bridgehead atoms. The molecule has 0 unspecified atom stereocenters. The number of hydrogen-bond donors (Lipinski definition) is 1. The fourth-order valence-electron chi connectivity index (χ4n) is 2.96. The Bertz CT molecular complexity index is 968. The lowest BCUT2D eigenvalue weighted by Crippen LogP contribution is -2.32. The fourth-order valence-corrected chi connectivity index (χ4v) is 2.96. The zero-order chi connectivity index (χ0) is 21.2. The van der Waals surface area contributed by atoms with Crippen molar-refractivity contribution >= 4 is 23.1 Å². The minimum Gasteiger partial charge on any atom is -0.496 e. The molecule has 0 aromatic heterocycles. The van der Waals surface area contributed by atoms with E-state index >= 15 is 0 Å². The van der Waals surface area contributed by atoms with Gasteiger partial charge in [0, 0.05) is 17.8 Å².